The van der Waals surface area contributed by atoms with Crippen molar-refractivity contribution in [1.82, 2.24) is 5.32 Å². The SMILES string of the molecule is Cc1cc(C)cc(C(NC2CCCCC2)C(N)=O)c1. The highest BCUT2D eigenvalue weighted by Gasteiger charge is 2.23. The molecule has 1 aromatic carbocycles. The van der Waals surface area contributed by atoms with E-state index in [1.54, 1.807) is 0 Å². The van der Waals surface area contributed by atoms with Crippen molar-refractivity contribution in [2.45, 2.75) is 58.0 Å². The summed E-state index contributed by atoms with van der Waals surface area (Å²) in [4.78, 5) is 11.8. The Kier molecular flexibility index (Phi) is 4.59. The number of aryl methyl sites for hydroxylation is 2. The van der Waals surface area contributed by atoms with Gasteiger partial charge in [-0.05, 0) is 32.3 Å². The van der Waals surface area contributed by atoms with Crippen LogP contribution in [0.15, 0.2) is 18.2 Å². The summed E-state index contributed by atoms with van der Waals surface area (Å²) in [6, 6.07) is 6.28. The highest BCUT2D eigenvalue weighted by atomic mass is 16.1. The molecule has 2 rings (SSSR count). The third kappa shape index (κ3) is 3.80. The first-order valence-corrected chi connectivity index (χ1v) is 7.20. The lowest BCUT2D eigenvalue weighted by atomic mass is 9.93. The fourth-order valence-corrected chi connectivity index (χ4v) is 3.02. The first-order chi connectivity index (χ1) is 9.06. The summed E-state index contributed by atoms with van der Waals surface area (Å²) in [5.74, 6) is -0.282. The molecule has 0 bridgehead atoms. The van der Waals surface area contributed by atoms with Crippen LogP contribution in [0.5, 0.6) is 0 Å². The van der Waals surface area contributed by atoms with E-state index in [-0.39, 0.29) is 11.9 Å². The van der Waals surface area contributed by atoms with Crippen molar-refractivity contribution in [2.75, 3.05) is 0 Å². The van der Waals surface area contributed by atoms with Crippen molar-refractivity contribution in [1.29, 1.82) is 0 Å². The minimum Gasteiger partial charge on any atom is -0.368 e. The normalized spacial score (nSPS) is 18.2. The lowest BCUT2D eigenvalue weighted by Gasteiger charge is -2.27. The van der Waals surface area contributed by atoms with Crippen LogP contribution in [0.4, 0.5) is 0 Å². The summed E-state index contributed by atoms with van der Waals surface area (Å²) in [5.41, 5.74) is 8.93. The molecule has 19 heavy (non-hydrogen) atoms. The smallest absolute Gasteiger partial charge is 0.239 e. The summed E-state index contributed by atoms with van der Waals surface area (Å²) in [6.45, 7) is 4.10. The first kappa shape index (κ1) is 14.1. The molecule has 0 heterocycles. The van der Waals surface area contributed by atoms with Gasteiger partial charge in [0.1, 0.15) is 6.04 Å². The number of nitrogens with one attached hydrogen (secondary N) is 1. The second-order valence-corrected chi connectivity index (χ2v) is 5.76. The van der Waals surface area contributed by atoms with Gasteiger partial charge < -0.3 is 5.73 Å². The fourth-order valence-electron chi connectivity index (χ4n) is 3.02. The van der Waals surface area contributed by atoms with Crippen molar-refractivity contribution in [3.8, 4) is 0 Å². The van der Waals surface area contributed by atoms with Gasteiger partial charge in [-0.2, -0.15) is 0 Å². The van der Waals surface area contributed by atoms with Gasteiger partial charge in [0.05, 0.1) is 0 Å². The summed E-state index contributed by atoms with van der Waals surface area (Å²) in [5, 5.41) is 3.45. The molecule has 1 aliphatic carbocycles. The summed E-state index contributed by atoms with van der Waals surface area (Å²) < 4.78 is 0. The van der Waals surface area contributed by atoms with E-state index in [0.29, 0.717) is 6.04 Å². The molecule has 1 saturated carbocycles. The van der Waals surface area contributed by atoms with Gasteiger partial charge in [0.15, 0.2) is 0 Å². The van der Waals surface area contributed by atoms with Crippen LogP contribution in [0.25, 0.3) is 0 Å². The molecule has 3 heteroatoms. The van der Waals surface area contributed by atoms with Gasteiger partial charge >= 0.3 is 0 Å². The minimum atomic E-state index is -0.360. The Labute approximate surface area is 115 Å². The molecule has 104 valence electrons. The molecular weight excluding hydrogens is 236 g/mol. The van der Waals surface area contributed by atoms with Crippen LogP contribution in [0.2, 0.25) is 0 Å². The van der Waals surface area contributed by atoms with Gasteiger partial charge in [0.2, 0.25) is 5.91 Å². The zero-order chi connectivity index (χ0) is 13.8. The van der Waals surface area contributed by atoms with E-state index < -0.39 is 0 Å². The zero-order valence-corrected chi connectivity index (χ0v) is 11.9. The van der Waals surface area contributed by atoms with E-state index in [9.17, 15) is 4.79 Å². The maximum Gasteiger partial charge on any atom is 0.239 e. The third-order valence-electron chi connectivity index (χ3n) is 3.87. The van der Waals surface area contributed by atoms with Gasteiger partial charge in [-0.15, -0.1) is 0 Å². The molecule has 1 amide bonds. The van der Waals surface area contributed by atoms with Gasteiger partial charge in [-0.25, -0.2) is 0 Å². The molecule has 1 aliphatic rings. The summed E-state index contributed by atoms with van der Waals surface area (Å²) in [6.07, 6.45) is 6.10. The number of amides is 1. The van der Waals surface area contributed by atoms with Crippen molar-refractivity contribution in [3.63, 3.8) is 0 Å². The van der Waals surface area contributed by atoms with Crippen LogP contribution in [0, 0.1) is 13.8 Å². The Balaban J connectivity index is 2.16. The van der Waals surface area contributed by atoms with Gasteiger partial charge in [-0.3, -0.25) is 10.1 Å². The first-order valence-electron chi connectivity index (χ1n) is 7.20. The predicted octanol–water partition coefficient (Wildman–Crippen LogP) is 2.75. The summed E-state index contributed by atoms with van der Waals surface area (Å²) >= 11 is 0. The van der Waals surface area contributed by atoms with Crippen molar-refractivity contribution >= 4 is 5.91 Å². The topological polar surface area (TPSA) is 55.1 Å². The monoisotopic (exact) mass is 260 g/mol. The van der Waals surface area contributed by atoms with Crippen LogP contribution in [-0.4, -0.2) is 11.9 Å². The Hall–Kier alpha value is -1.35. The average Bonchev–Trinajstić information content (AvgIpc) is 2.35. The lowest BCUT2D eigenvalue weighted by Crippen LogP contribution is -2.41. The lowest BCUT2D eigenvalue weighted by molar-refractivity contribution is -0.120. The number of nitrogens with two attached hydrogens (primary N) is 1. The van der Waals surface area contributed by atoms with E-state index in [2.05, 4.69) is 37.4 Å². The van der Waals surface area contributed by atoms with Crippen LogP contribution < -0.4 is 11.1 Å². The molecule has 0 aliphatic heterocycles. The maximum absolute atomic E-state index is 11.8. The standard InChI is InChI=1S/C16H24N2O/c1-11-8-12(2)10-13(9-11)15(16(17)19)18-14-6-4-3-5-7-14/h8-10,14-15,18H,3-7H2,1-2H3,(H2,17,19). The van der Waals surface area contributed by atoms with E-state index in [1.165, 1.54) is 30.4 Å². The second-order valence-electron chi connectivity index (χ2n) is 5.76. The molecule has 1 aromatic rings. The molecule has 0 aromatic heterocycles. The quantitative estimate of drug-likeness (QED) is 0.874. The van der Waals surface area contributed by atoms with Gasteiger partial charge in [-0.1, -0.05) is 48.6 Å². The number of rotatable bonds is 4. The van der Waals surface area contributed by atoms with E-state index in [0.717, 1.165) is 18.4 Å². The van der Waals surface area contributed by atoms with E-state index >= 15 is 0 Å². The van der Waals surface area contributed by atoms with Crippen LogP contribution in [0.3, 0.4) is 0 Å². The highest BCUT2D eigenvalue weighted by molar-refractivity contribution is 5.81. The minimum absolute atomic E-state index is 0.282. The molecule has 0 radical (unpaired) electrons. The van der Waals surface area contributed by atoms with Crippen molar-refractivity contribution < 1.29 is 4.79 Å². The van der Waals surface area contributed by atoms with Crippen molar-refractivity contribution in [2.24, 2.45) is 5.73 Å². The fraction of sp³-hybridized carbons (Fsp3) is 0.562. The second kappa shape index (κ2) is 6.20. The van der Waals surface area contributed by atoms with E-state index in [4.69, 9.17) is 5.73 Å². The third-order valence-corrected chi connectivity index (χ3v) is 3.87. The molecule has 1 unspecified atom stereocenters. The Morgan fingerprint density at radius 3 is 2.26 bits per heavy atom. The summed E-state index contributed by atoms with van der Waals surface area (Å²) in [7, 11) is 0. The molecule has 0 spiro atoms. The molecule has 3 nitrogen and oxygen atoms in total. The molecule has 3 N–H and O–H groups in total. The Morgan fingerprint density at radius 1 is 1.16 bits per heavy atom. The van der Waals surface area contributed by atoms with Crippen LogP contribution >= 0.6 is 0 Å². The zero-order valence-electron chi connectivity index (χ0n) is 11.9. The van der Waals surface area contributed by atoms with Gasteiger partial charge in [0, 0.05) is 6.04 Å². The van der Waals surface area contributed by atoms with E-state index in [1.807, 2.05) is 0 Å². The molecule has 1 atom stereocenters. The molecule has 0 saturated heterocycles. The number of benzene rings is 1. The van der Waals surface area contributed by atoms with Gasteiger partial charge in [0.25, 0.3) is 0 Å². The Morgan fingerprint density at radius 2 is 1.74 bits per heavy atom. The van der Waals surface area contributed by atoms with Crippen LogP contribution in [-0.2, 0) is 4.79 Å². The number of hydrogen-bond acceptors (Lipinski definition) is 2. The Bertz CT molecular complexity index is 430. The molecule has 1 fully saturated rings. The maximum atomic E-state index is 11.8. The number of carbonyl (C=O) groups is 1. The number of hydrogen-bond donors (Lipinski definition) is 2. The molecular formula is C16H24N2O. The average molecular weight is 260 g/mol. The van der Waals surface area contributed by atoms with Crippen molar-refractivity contribution in [3.05, 3.63) is 34.9 Å². The highest BCUT2D eigenvalue weighted by Crippen LogP contribution is 2.23. The van der Waals surface area contributed by atoms with Crippen LogP contribution in [0.1, 0.15) is 54.8 Å². The number of carbonyl (C=O) groups excluding carboxylic acids is 1. The predicted molar refractivity (Wildman–Crippen MR) is 77.9 cm³/mol. The number of primary amides is 1. The largest absolute Gasteiger partial charge is 0.368 e.